The molecule has 0 radical (unpaired) electrons. The van der Waals surface area contributed by atoms with Crippen LogP contribution in [-0.2, 0) is 9.47 Å². The zero-order valence-electron chi connectivity index (χ0n) is 19.4. The first-order chi connectivity index (χ1) is 15.7. The molecule has 0 saturated heterocycles. The Morgan fingerprint density at radius 3 is 2.52 bits per heavy atom. The Hall–Kier alpha value is -3.81. The molecule has 2 aromatic carbocycles. The van der Waals surface area contributed by atoms with Gasteiger partial charge in [-0.1, -0.05) is 6.07 Å². The number of pyridine rings is 1. The molecular formula is C25H28N2O6. The van der Waals surface area contributed by atoms with Gasteiger partial charge in [0, 0.05) is 23.2 Å². The van der Waals surface area contributed by atoms with Gasteiger partial charge in [0.05, 0.1) is 31.8 Å². The number of ether oxygens (including phenoxy) is 4. The van der Waals surface area contributed by atoms with Crippen LogP contribution in [0.5, 0.6) is 11.5 Å². The van der Waals surface area contributed by atoms with Crippen molar-refractivity contribution in [3.05, 3.63) is 54.2 Å². The Kier molecular flexibility index (Phi) is 7.37. The Morgan fingerprint density at radius 1 is 1.03 bits per heavy atom. The van der Waals surface area contributed by atoms with Gasteiger partial charge in [-0.3, -0.25) is 4.98 Å². The lowest BCUT2D eigenvalue weighted by Crippen LogP contribution is -2.34. The van der Waals surface area contributed by atoms with Gasteiger partial charge in [-0.05, 0) is 56.7 Å². The van der Waals surface area contributed by atoms with Gasteiger partial charge >= 0.3 is 12.1 Å². The lowest BCUT2D eigenvalue weighted by atomic mass is 10.00. The third kappa shape index (κ3) is 6.12. The van der Waals surface area contributed by atoms with Crippen molar-refractivity contribution >= 4 is 23.0 Å². The maximum atomic E-state index is 12.2. The van der Waals surface area contributed by atoms with E-state index in [0.717, 1.165) is 11.1 Å². The number of nitrogens with zero attached hydrogens (tertiary/aromatic N) is 1. The van der Waals surface area contributed by atoms with E-state index in [9.17, 15) is 9.59 Å². The number of benzene rings is 2. The van der Waals surface area contributed by atoms with Gasteiger partial charge < -0.3 is 24.3 Å². The Balaban J connectivity index is 1.85. The molecule has 0 spiro atoms. The van der Waals surface area contributed by atoms with Crippen molar-refractivity contribution in [2.45, 2.75) is 26.4 Å². The van der Waals surface area contributed by atoms with Crippen LogP contribution in [0.1, 0.15) is 31.1 Å². The Bertz CT molecular complexity index is 1150. The summed E-state index contributed by atoms with van der Waals surface area (Å²) in [6, 6.07) is 12.7. The molecule has 0 unspecified atom stereocenters. The molecule has 0 aliphatic carbocycles. The molecule has 0 aliphatic rings. The second-order valence-corrected chi connectivity index (χ2v) is 8.22. The molecule has 0 bridgehead atoms. The summed E-state index contributed by atoms with van der Waals surface area (Å²) in [7, 11) is 2.92. The van der Waals surface area contributed by atoms with Crippen LogP contribution in [0, 0.1) is 0 Å². The summed E-state index contributed by atoms with van der Waals surface area (Å²) < 4.78 is 21.4. The fourth-order valence-corrected chi connectivity index (χ4v) is 3.22. The average molecular weight is 453 g/mol. The maximum Gasteiger partial charge on any atom is 0.407 e. The standard InChI is InChI=1S/C25H28N2O6/c1-25(2,3)33-24(29)27-12-13-32-22-15-17(30-4)7-8-18(22)16-6-9-21-20(14-16)19(10-11-26-21)23(28)31-5/h6-11,14-15H,12-13H2,1-5H3,(H,27,29). The van der Waals surface area contributed by atoms with E-state index in [1.54, 1.807) is 46.2 Å². The summed E-state index contributed by atoms with van der Waals surface area (Å²) in [5, 5.41) is 3.35. The predicted octanol–water partition coefficient (Wildman–Crippen LogP) is 4.60. The monoisotopic (exact) mass is 452 g/mol. The van der Waals surface area contributed by atoms with Crippen LogP contribution in [0.2, 0.25) is 0 Å². The number of methoxy groups -OCH3 is 2. The molecule has 0 atom stereocenters. The number of nitrogens with one attached hydrogen (secondary N) is 1. The van der Waals surface area contributed by atoms with Crippen LogP contribution >= 0.6 is 0 Å². The van der Waals surface area contributed by atoms with Crippen molar-refractivity contribution in [2.75, 3.05) is 27.4 Å². The lowest BCUT2D eigenvalue weighted by Gasteiger charge is -2.20. The summed E-state index contributed by atoms with van der Waals surface area (Å²) >= 11 is 0. The van der Waals surface area contributed by atoms with E-state index >= 15 is 0 Å². The van der Waals surface area contributed by atoms with E-state index in [-0.39, 0.29) is 13.2 Å². The zero-order valence-corrected chi connectivity index (χ0v) is 19.4. The number of aromatic nitrogens is 1. The number of amides is 1. The number of fused-ring (bicyclic) bond motifs is 1. The van der Waals surface area contributed by atoms with Gasteiger partial charge in [0.15, 0.2) is 0 Å². The minimum atomic E-state index is -0.571. The SMILES string of the molecule is COC(=O)c1ccnc2ccc(-c3ccc(OC)cc3OCCNC(=O)OC(C)(C)C)cc12. The van der Waals surface area contributed by atoms with Crippen molar-refractivity contribution in [1.82, 2.24) is 10.3 Å². The highest BCUT2D eigenvalue weighted by Gasteiger charge is 2.16. The normalized spacial score (nSPS) is 11.1. The molecular weight excluding hydrogens is 424 g/mol. The van der Waals surface area contributed by atoms with Crippen molar-refractivity contribution in [3.63, 3.8) is 0 Å². The minimum Gasteiger partial charge on any atom is -0.497 e. The Morgan fingerprint density at radius 2 is 1.82 bits per heavy atom. The number of alkyl carbamates (subject to hydrolysis) is 1. The van der Waals surface area contributed by atoms with E-state index in [4.69, 9.17) is 18.9 Å². The van der Waals surface area contributed by atoms with Crippen molar-refractivity contribution in [2.24, 2.45) is 0 Å². The fourth-order valence-electron chi connectivity index (χ4n) is 3.22. The topological polar surface area (TPSA) is 96.0 Å². The van der Waals surface area contributed by atoms with Gasteiger partial charge in [-0.2, -0.15) is 0 Å². The third-order valence-corrected chi connectivity index (χ3v) is 4.67. The largest absolute Gasteiger partial charge is 0.497 e. The first-order valence-corrected chi connectivity index (χ1v) is 10.5. The summed E-state index contributed by atoms with van der Waals surface area (Å²) in [4.78, 5) is 28.4. The molecule has 0 aliphatic heterocycles. The van der Waals surface area contributed by atoms with Gasteiger partial charge in [0.1, 0.15) is 23.7 Å². The predicted molar refractivity (Wildman–Crippen MR) is 125 cm³/mol. The minimum absolute atomic E-state index is 0.224. The molecule has 1 amide bonds. The average Bonchev–Trinajstić information content (AvgIpc) is 2.79. The number of esters is 1. The van der Waals surface area contributed by atoms with Crippen LogP contribution in [0.3, 0.4) is 0 Å². The quantitative estimate of drug-likeness (QED) is 0.413. The smallest absolute Gasteiger partial charge is 0.407 e. The van der Waals surface area contributed by atoms with E-state index in [2.05, 4.69) is 10.3 Å². The van der Waals surface area contributed by atoms with E-state index in [1.807, 2.05) is 30.3 Å². The highest BCUT2D eigenvalue weighted by atomic mass is 16.6. The lowest BCUT2D eigenvalue weighted by molar-refractivity contribution is 0.0519. The number of hydrogen-bond donors (Lipinski definition) is 1. The summed E-state index contributed by atoms with van der Waals surface area (Å²) in [5.74, 6) is 0.772. The molecule has 33 heavy (non-hydrogen) atoms. The highest BCUT2D eigenvalue weighted by Crippen LogP contribution is 2.35. The first-order valence-electron chi connectivity index (χ1n) is 10.5. The summed E-state index contributed by atoms with van der Waals surface area (Å²) in [5.41, 5.74) is 2.17. The van der Waals surface area contributed by atoms with Crippen LogP contribution in [0.25, 0.3) is 22.0 Å². The van der Waals surface area contributed by atoms with Gasteiger partial charge in [-0.25, -0.2) is 9.59 Å². The number of rotatable bonds is 7. The molecule has 3 rings (SSSR count). The summed E-state index contributed by atoms with van der Waals surface area (Å²) in [6.07, 6.45) is 1.07. The van der Waals surface area contributed by atoms with Crippen LogP contribution < -0.4 is 14.8 Å². The zero-order chi connectivity index (χ0) is 24.0. The molecule has 8 heteroatoms. The molecule has 1 aromatic heterocycles. The molecule has 8 nitrogen and oxygen atoms in total. The summed E-state index contributed by atoms with van der Waals surface area (Å²) in [6.45, 7) is 5.89. The van der Waals surface area contributed by atoms with E-state index < -0.39 is 17.7 Å². The van der Waals surface area contributed by atoms with E-state index in [0.29, 0.717) is 28.0 Å². The van der Waals surface area contributed by atoms with Crippen molar-refractivity contribution in [3.8, 4) is 22.6 Å². The molecule has 174 valence electrons. The fraction of sp³-hybridized carbons (Fsp3) is 0.320. The van der Waals surface area contributed by atoms with Gasteiger partial charge in [-0.15, -0.1) is 0 Å². The second-order valence-electron chi connectivity index (χ2n) is 8.22. The van der Waals surface area contributed by atoms with Crippen LogP contribution in [-0.4, -0.2) is 50.0 Å². The first kappa shape index (κ1) is 23.8. The van der Waals surface area contributed by atoms with Gasteiger partial charge in [0.2, 0.25) is 0 Å². The number of carbonyl (C=O) groups excluding carboxylic acids is 2. The molecule has 1 heterocycles. The number of hydrogen-bond acceptors (Lipinski definition) is 7. The van der Waals surface area contributed by atoms with Gasteiger partial charge in [0.25, 0.3) is 0 Å². The second kappa shape index (κ2) is 10.2. The molecule has 1 N–H and O–H groups in total. The van der Waals surface area contributed by atoms with E-state index in [1.165, 1.54) is 7.11 Å². The van der Waals surface area contributed by atoms with Crippen LogP contribution in [0.15, 0.2) is 48.7 Å². The Labute approximate surface area is 192 Å². The number of carbonyl (C=O) groups is 2. The highest BCUT2D eigenvalue weighted by molar-refractivity contribution is 6.04. The molecule has 0 fully saturated rings. The maximum absolute atomic E-state index is 12.2. The third-order valence-electron chi connectivity index (χ3n) is 4.67. The molecule has 0 saturated carbocycles. The van der Waals surface area contributed by atoms with Crippen LogP contribution in [0.4, 0.5) is 4.79 Å². The van der Waals surface area contributed by atoms with Crippen molar-refractivity contribution < 1.29 is 28.5 Å². The van der Waals surface area contributed by atoms with Crippen molar-refractivity contribution in [1.29, 1.82) is 0 Å². The molecule has 3 aromatic rings.